The number of carbonyl (C=O) groups is 2. The van der Waals surface area contributed by atoms with Gasteiger partial charge in [0, 0.05) is 0 Å². The monoisotopic (exact) mass is 276 g/mol. The Kier molecular flexibility index (Phi) is 9.17. The third kappa shape index (κ3) is 6.03. The third-order valence-electron chi connectivity index (χ3n) is 3.51. The van der Waals surface area contributed by atoms with E-state index in [2.05, 4.69) is 6.92 Å². The molecule has 0 aromatic heterocycles. The fourth-order valence-electron chi connectivity index (χ4n) is 2.22. The number of alkyl halides is 1. The Balaban J connectivity index is 4.33. The Hall–Kier alpha value is -1.13. The van der Waals surface area contributed by atoms with Gasteiger partial charge in [0.05, 0.1) is 6.67 Å². The second kappa shape index (κ2) is 9.75. The molecule has 0 saturated heterocycles. The first-order valence-corrected chi connectivity index (χ1v) is 7.04. The van der Waals surface area contributed by atoms with Crippen LogP contribution in [0.3, 0.4) is 0 Å². The van der Waals surface area contributed by atoms with E-state index in [4.69, 9.17) is 10.2 Å². The van der Waals surface area contributed by atoms with Crippen LogP contribution in [0.2, 0.25) is 0 Å². The van der Waals surface area contributed by atoms with Crippen LogP contribution in [0.15, 0.2) is 0 Å². The Labute approximate surface area is 114 Å². The summed E-state index contributed by atoms with van der Waals surface area (Å²) in [7, 11) is 0. The lowest BCUT2D eigenvalue weighted by Crippen LogP contribution is -2.39. The fourth-order valence-corrected chi connectivity index (χ4v) is 2.22. The highest BCUT2D eigenvalue weighted by Crippen LogP contribution is 2.32. The minimum Gasteiger partial charge on any atom is -0.480 e. The van der Waals surface area contributed by atoms with Gasteiger partial charge in [0.2, 0.25) is 0 Å². The van der Waals surface area contributed by atoms with Crippen molar-refractivity contribution >= 4 is 11.9 Å². The molecule has 0 aliphatic carbocycles. The predicted molar refractivity (Wildman–Crippen MR) is 70.9 cm³/mol. The maximum Gasteiger partial charge on any atom is 0.321 e. The van der Waals surface area contributed by atoms with Crippen LogP contribution in [0, 0.1) is 5.41 Å². The van der Waals surface area contributed by atoms with E-state index in [1.165, 1.54) is 0 Å². The molecule has 5 heteroatoms. The zero-order valence-corrected chi connectivity index (χ0v) is 11.7. The molecule has 0 aliphatic rings. The number of unbranched alkanes of at least 4 members (excludes halogenated alkanes) is 5. The van der Waals surface area contributed by atoms with E-state index in [9.17, 15) is 14.0 Å². The standard InChI is InChI=1S/C14H25FO4/c1-2-3-4-5-6-7-9-14(12(16)17,13(18)19)10-8-11-15/h2-11H2,1H3,(H,16,17)(H,18,19). The van der Waals surface area contributed by atoms with E-state index in [0.29, 0.717) is 6.42 Å². The summed E-state index contributed by atoms with van der Waals surface area (Å²) in [5.74, 6) is -2.69. The summed E-state index contributed by atoms with van der Waals surface area (Å²) in [5, 5.41) is 18.3. The lowest BCUT2D eigenvalue weighted by atomic mass is 9.78. The summed E-state index contributed by atoms with van der Waals surface area (Å²) in [5.41, 5.74) is -1.81. The van der Waals surface area contributed by atoms with Gasteiger partial charge < -0.3 is 10.2 Å². The number of carboxylic acid groups (broad SMARTS) is 2. The van der Waals surface area contributed by atoms with Gasteiger partial charge >= 0.3 is 11.9 Å². The van der Waals surface area contributed by atoms with Crippen molar-refractivity contribution in [2.75, 3.05) is 6.67 Å². The SMILES string of the molecule is CCCCCCCCC(CCCF)(C(=O)O)C(=O)O. The summed E-state index contributed by atoms with van der Waals surface area (Å²) in [6.45, 7) is 1.43. The van der Waals surface area contributed by atoms with Crippen LogP contribution < -0.4 is 0 Å². The number of rotatable bonds is 12. The molecule has 0 atom stereocenters. The molecule has 0 spiro atoms. The molecule has 0 bridgehead atoms. The van der Waals surface area contributed by atoms with Gasteiger partial charge in [-0.05, 0) is 19.3 Å². The maximum atomic E-state index is 12.2. The molecule has 0 saturated carbocycles. The van der Waals surface area contributed by atoms with E-state index in [1.54, 1.807) is 0 Å². The van der Waals surface area contributed by atoms with Crippen LogP contribution in [-0.2, 0) is 9.59 Å². The molecular formula is C14H25FO4. The number of halogens is 1. The average molecular weight is 276 g/mol. The molecule has 0 heterocycles. The number of aliphatic carboxylic acids is 2. The van der Waals surface area contributed by atoms with Crippen LogP contribution in [0.5, 0.6) is 0 Å². The highest BCUT2D eigenvalue weighted by Gasteiger charge is 2.45. The van der Waals surface area contributed by atoms with Gasteiger partial charge in [0.1, 0.15) is 0 Å². The van der Waals surface area contributed by atoms with Gasteiger partial charge in [-0.2, -0.15) is 0 Å². The first-order valence-electron chi connectivity index (χ1n) is 7.04. The number of hydrogen-bond donors (Lipinski definition) is 2. The summed E-state index contributed by atoms with van der Waals surface area (Å²) in [6, 6.07) is 0. The summed E-state index contributed by atoms with van der Waals surface area (Å²) in [4.78, 5) is 22.5. The number of hydrogen-bond acceptors (Lipinski definition) is 2. The molecule has 0 aliphatic heterocycles. The van der Waals surface area contributed by atoms with E-state index < -0.39 is 24.0 Å². The largest absolute Gasteiger partial charge is 0.480 e. The molecule has 4 nitrogen and oxygen atoms in total. The third-order valence-corrected chi connectivity index (χ3v) is 3.51. The summed E-state index contributed by atoms with van der Waals surface area (Å²) in [6.07, 6.45) is 5.68. The first kappa shape index (κ1) is 17.9. The highest BCUT2D eigenvalue weighted by molar-refractivity contribution is 5.98. The zero-order valence-electron chi connectivity index (χ0n) is 11.7. The molecule has 2 N–H and O–H groups in total. The second-order valence-corrected chi connectivity index (χ2v) is 5.00. The Bertz CT molecular complexity index is 265. The maximum absolute atomic E-state index is 12.2. The van der Waals surface area contributed by atoms with Crippen LogP contribution in [0.25, 0.3) is 0 Å². The predicted octanol–water partition coefficient (Wildman–Crippen LogP) is 3.64. The highest BCUT2D eigenvalue weighted by atomic mass is 19.1. The van der Waals surface area contributed by atoms with E-state index >= 15 is 0 Å². The minimum atomic E-state index is -1.81. The minimum absolute atomic E-state index is 0.0194. The van der Waals surface area contributed by atoms with Gasteiger partial charge in [-0.1, -0.05) is 45.4 Å². The molecular weight excluding hydrogens is 251 g/mol. The van der Waals surface area contributed by atoms with Crippen molar-refractivity contribution in [3.05, 3.63) is 0 Å². The molecule has 0 fully saturated rings. The van der Waals surface area contributed by atoms with Gasteiger partial charge in [0.25, 0.3) is 0 Å². The first-order chi connectivity index (χ1) is 9.01. The fraction of sp³-hybridized carbons (Fsp3) is 0.857. The van der Waals surface area contributed by atoms with Gasteiger partial charge in [-0.3, -0.25) is 14.0 Å². The van der Waals surface area contributed by atoms with Crippen molar-refractivity contribution in [2.45, 2.75) is 64.7 Å². The molecule has 0 rings (SSSR count). The van der Waals surface area contributed by atoms with E-state index in [1.807, 2.05) is 0 Å². The summed E-state index contributed by atoms with van der Waals surface area (Å²) >= 11 is 0. The molecule has 0 unspecified atom stereocenters. The van der Waals surface area contributed by atoms with Gasteiger partial charge in [-0.25, -0.2) is 0 Å². The van der Waals surface area contributed by atoms with Crippen molar-refractivity contribution in [3.63, 3.8) is 0 Å². The van der Waals surface area contributed by atoms with Gasteiger partial charge in [0.15, 0.2) is 5.41 Å². The van der Waals surface area contributed by atoms with E-state index in [-0.39, 0.29) is 19.3 Å². The molecule has 0 aromatic carbocycles. The lowest BCUT2D eigenvalue weighted by Gasteiger charge is -2.24. The molecule has 0 aromatic rings. The van der Waals surface area contributed by atoms with E-state index in [0.717, 1.165) is 32.1 Å². The quantitative estimate of drug-likeness (QED) is 0.421. The Morgan fingerprint density at radius 3 is 1.84 bits per heavy atom. The number of carboxylic acids is 2. The van der Waals surface area contributed by atoms with Crippen LogP contribution in [-0.4, -0.2) is 28.8 Å². The molecule has 0 amide bonds. The Morgan fingerprint density at radius 2 is 1.37 bits per heavy atom. The topological polar surface area (TPSA) is 74.6 Å². The normalized spacial score (nSPS) is 11.5. The second-order valence-electron chi connectivity index (χ2n) is 5.00. The van der Waals surface area contributed by atoms with Crippen molar-refractivity contribution in [1.29, 1.82) is 0 Å². The molecule has 19 heavy (non-hydrogen) atoms. The van der Waals surface area contributed by atoms with Crippen LogP contribution >= 0.6 is 0 Å². The van der Waals surface area contributed by atoms with Crippen LogP contribution in [0.4, 0.5) is 4.39 Å². The Morgan fingerprint density at radius 1 is 0.895 bits per heavy atom. The molecule has 112 valence electrons. The van der Waals surface area contributed by atoms with Crippen molar-refractivity contribution in [1.82, 2.24) is 0 Å². The van der Waals surface area contributed by atoms with Crippen molar-refractivity contribution in [3.8, 4) is 0 Å². The zero-order chi connectivity index (χ0) is 14.7. The van der Waals surface area contributed by atoms with Crippen molar-refractivity contribution < 1.29 is 24.2 Å². The summed E-state index contributed by atoms with van der Waals surface area (Å²) < 4.78 is 12.2. The van der Waals surface area contributed by atoms with Crippen molar-refractivity contribution in [2.24, 2.45) is 5.41 Å². The van der Waals surface area contributed by atoms with Gasteiger partial charge in [-0.15, -0.1) is 0 Å². The average Bonchev–Trinajstić information content (AvgIpc) is 2.36. The molecule has 0 radical (unpaired) electrons. The lowest BCUT2D eigenvalue weighted by molar-refractivity contribution is -0.166. The van der Waals surface area contributed by atoms with Crippen LogP contribution in [0.1, 0.15) is 64.7 Å². The smallest absolute Gasteiger partial charge is 0.321 e.